The Kier molecular flexibility index (Phi) is 2.92. The summed E-state index contributed by atoms with van der Waals surface area (Å²) in [6, 6.07) is 7.94. The summed E-state index contributed by atoms with van der Waals surface area (Å²) in [5, 5.41) is 12.4. The Morgan fingerprint density at radius 2 is 2.19 bits per heavy atom. The number of hydrogen-bond acceptors (Lipinski definition) is 2. The van der Waals surface area contributed by atoms with E-state index in [4.69, 9.17) is 5.11 Å². The van der Waals surface area contributed by atoms with E-state index >= 15 is 0 Å². The van der Waals surface area contributed by atoms with E-state index in [2.05, 4.69) is 10.3 Å². The Hall–Kier alpha value is -1.81. The minimum atomic E-state index is -0.471. The lowest BCUT2D eigenvalue weighted by molar-refractivity contribution is -0.123. The van der Waals surface area contributed by atoms with Gasteiger partial charge in [-0.1, -0.05) is 18.2 Å². The first-order chi connectivity index (χ1) is 7.72. The van der Waals surface area contributed by atoms with Crippen LogP contribution in [0.15, 0.2) is 24.3 Å². The summed E-state index contributed by atoms with van der Waals surface area (Å²) in [4.78, 5) is 14.2. The van der Waals surface area contributed by atoms with Crippen molar-refractivity contribution in [2.24, 2.45) is 0 Å². The number of hydrogen-bond donors (Lipinski definition) is 3. The van der Waals surface area contributed by atoms with Crippen LogP contribution >= 0.6 is 0 Å². The quantitative estimate of drug-likeness (QED) is 0.722. The normalized spacial score (nSPS) is 10.6. The summed E-state index contributed by atoms with van der Waals surface area (Å²) in [6.07, 6.45) is 0. The van der Waals surface area contributed by atoms with Crippen molar-refractivity contribution in [3.63, 3.8) is 0 Å². The fraction of sp³-hybridized carbons (Fsp3) is 0.250. The van der Waals surface area contributed by atoms with Crippen molar-refractivity contribution in [1.29, 1.82) is 0 Å². The maximum absolute atomic E-state index is 11.0. The van der Waals surface area contributed by atoms with Crippen LogP contribution in [0.3, 0.4) is 0 Å². The largest absolute Gasteiger partial charge is 0.387 e. The van der Waals surface area contributed by atoms with Crippen molar-refractivity contribution in [2.75, 3.05) is 6.61 Å². The second kappa shape index (κ2) is 4.37. The Balaban J connectivity index is 2.29. The van der Waals surface area contributed by atoms with E-state index in [9.17, 15) is 4.79 Å². The fourth-order valence-electron chi connectivity index (χ4n) is 1.81. The van der Waals surface area contributed by atoms with Crippen LogP contribution in [0.4, 0.5) is 0 Å². The van der Waals surface area contributed by atoms with Crippen LogP contribution in [0.25, 0.3) is 10.9 Å². The SMILES string of the molecule is Cc1[nH]c2ccccc2c1CNC(=O)CO. The highest BCUT2D eigenvalue weighted by molar-refractivity contribution is 5.85. The average molecular weight is 218 g/mol. The Morgan fingerprint density at radius 1 is 1.44 bits per heavy atom. The number of aromatic nitrogens is 1. The molecule has 0 spiro atoms. The number of fused-ring (bicyclic) bond motifs is 1. The first-order valence-electron chi connectivity index (χ1n) is 5.16. The van der Waals surface area contributed by atoms with Crippen LogP contribution < -0.4 is 5.32 Å². The van der Waals surface area contributed by atoms with Crippen molar-refractivity contribution in [1.82, 2.24) is 10.3 Å². The molecule has 0 saturated carbocycles. The van der Waals surface area contributed by atoms with Gasteiger partial charge in [-0.15, -0.1) is 0 Å². The number of H-pyrrole nitrogens is 1. The lowest BCUT2D eigenvalue weighted by Gasteiger charge is -2.03. The minimum absolute atomic E-state index is 0.357. The predicted molar refractivity (Wildman–Crippen MR) is 62.0 cm³/mol. The average Bonchev–Trinajstić information content (AvgIpc) is 2.62. The molecule has 3 N–H and O–H groups in total. The molecule has 1 heterocycles. The minimum Gasteiger partial charge on any atom is -0.387 e. The number of carbonyl (C=O) groups excluding carboxylic acids is 1. The number of benzene rings is 1. The molecule has 0 aliphatic carbocycles. The van der Waals surface area contributed by atoms with E-state index in [0.29, 0.717) is 6.54 Å². The molecule has 4 heteroatoms. The van der Waals surface area contributed by atoms with Crippen LogP contribution in [0.1, 0.15) is 11.3 Å². The van der Waals surface area contributed by atoms with Crippen LogP contribution in [-0.2, 0) is 11.3 Å². The Morgan fingerprint density at radius 3 is 2.94 bits per heavy atom. The number of rotatable bonds is 3. The molecule has 2 rings (SSSR count). The van der Waals surface area contributed by atoms with E-state index < -0.39 is 6.61 Å². The topological polar surface area (TPSA) is 65.1 Å². The van der Waals surface area contributed by atoms with E-state index in [-0.39, 0.29) is 5.91 Å². The summed E-state index contributed by atoms with van der Waals surface area (Å²) < 4.78 is 0. The predicted octanol–water partition coefficient (Wildman–Crippen LogP) is 1.08. The molecule has 84 valence electrons. The molecule has 0 aliphatic rings. The highest BCUT2D eigenvalue weighted by Gasteiger charge is 2.08. The van der Waals surface area contributed by atoms with Gasteiger partial charge in [0.1, 0.15) is 6.61 Å². The van der Waals surface area contributed by atoms with Crippen molar-refractivity contribution >= 4 is 16.8 Å². The van der Waals surface area contributed by atoms with Gasteiger partial charge in [0.15, 0.2) is 0 Å². The van der Waals surface area contributed by atoms with E-state index in [0.717, 1.165) is 22.2 Å². The number of nitrogens with one attached hydrogen (secondary N) is 2. The van der Waals surface area contributed by atoms with E-state index in [1.54, 1.807) is 0 Å². The van der Waals surface area contributed by atoms with Gasteiger partial charge in [-0.3, -0.25) is 4.79 Å². The highest BCUT2D eigenvalue weighted by Crippen LogP contribution is 2.21. The summed E-state index contributed by atoms with van der Waals surface area (Å²) in [6.45, 7) is 1.94. The Labute approximate surface area is 93.3 Å². The van der Waals surface area contributed by atoms with Crippen molar-refractivity contribution in [3.05, 3.63) is 35.5 Å². The van der Waals surface area contributed by atoms with Crippen LogP contribution in [0.5, 0.6) is 0 Å². The molecule has 2 aromatic rings. The summed E-state index contributed by atoms with van der Waals surface area (Å²) in [5.74, 6) is -0.357. The van der Waals surface area contributed by atoms with Gasteiger partial charge in [0.2, 0.25) is 5.91 Å². The third kappa shape index (κ3) is 1.92. The van der Waals surface area contributed by atoms with Crippen molar-refractivity contribution in [3.8, 4) is 0 Å². The molecule has 0 radical (unpaired) electrons. The third-order valence-corrected chi connectivity index (χ3v) is 2.63. The summed E-state index contributed by atoms with van der Waals surface area (Å²) in [5.41, 5.74) is 3.17. The third-order valence-electron chi connectivity index (χ3n) is 2.63. The maximum Gasteiger partial charge on any atom is 0.245 e. The van der Waals surface area contributed by atoms with Gasteiger partial charge in [-0.25, -0.2) is 0 Å². The molecule has 0 atom stereocenters. The first-order valence-corrected chi connectivity index (χ1v) is 5.16. The molecule has 1 amide bonds. The van der Waals surface area contributed by atoms with Gasteiger partial charge < -0.3 is 15.4 Å². The van der Waals surface area contributed by atoms with Crippen molar-refractivity contribution in [2.45, 2.75) is 13.5 Å². The molecule has 0 bridgehead atoms. The van der Waals surface area contributed by atoms with E-state index in [1.165, 1.54) is 0 Å². The molecular formula is C12H14N2O2. The fourth-order valence-corrected chi connectivity index (χ4v) is 1.81. The summed E-state index contributed by atoms with van der Waals surface area (Å²) in [7, 11) is 0. The molecule has 0 fully saturated rings. The van der Waals surface area contributed by atoms with Gasteiger partial charge >= 0.3 is 0 Å². The number of aliphatic hydroxyl groups is 1. The first kappa shape index (κ1) is 10.7. The maximum atomic E-state index is 11.0. The molecule has 0 saturated heterocycles. The zero-order valence-corrected chi connectivity index (χ0v) is 9.08. The van der Waals surface area contributed by atoms with Crippen molar-refractivity contribution < 1.29 is 9.90 Å². The zero-order valence-electron chi connectivity index (χ0n) is 9.08. The lowest BCUT2D eigenvalue weighted by atomic mass is 10.1. The van der Waals surface area contributed by atoms with Gasteiger partial charge in [0.25, 0.3) is 0 Å². The molecule has 1 aromatic heterocycles. The molecule has 4 nitrogen and oxygen atoms in total. The number of aliphatic hydroxyl groups excluding tert-OH is 1. The highest BCUT2D eigenvalue weighted by atomic mass is 16.3. The van der Waals surface area contributed by atoms with Gasteiger partial charge in [-0.2, -0.15) is 0 Å². The molecule has 0 unspecified atom stereocenters. The lowest BCUT2D eigenvalue weighted by Crippen LogP contribution is -2.25. The Bertz CT molecular complexity index is 517. The monoisotopic (exact) mass is 218 g/mol. The smallest absolute Gasteiger partial charge is 0.245 e. The standard InChI is InChI=1S/C12H14N2O2/c1-8-10(6-13-12(16)7-15)9-4-2-3-5-11(9)14-8/h2-5,14-15H,6-7H2,1H3,(H,13,16). The van der Waals surface area contributed by atoms with Crippen LogP contribution in [0.2, 0.25) is 0 Å². The molecular weight excluding hydrogens is 204 g/mol. The number of para-hydroxylation sites is 1. The second-order valence-corrected chi connectivity index (χ2v) is 3.71. The van der Waals surface area contributed by atoms with Crippen LogP contribution in [-0.4, -0.2) is 22.6 Å². The van der Waals surface area contributed by atoms with Crippen LogP contribution in [0, 0.1) is 6.92 Å². The van der Waals surface area contributed by atoms with Gasteiger partial charge in [-0.05, 0) is 18.6 Å². The zero-order chi connectivity index (χ0) is 11.5. The molecule has 1 aromatic carbocycles. The van der Waals surface area contributed by atoms with E-state index in [1.807, 2.05) is 31.2 Å². The summed E-state index contributed by atoms with van der Waals surface area (Å²) >= 11 is 0. The number of aromatic amines is 1. The second-order valence-electron chi connectivity index (χ2n) is 3.71. The number of carbonyl (C=O) groups is 1. The van der Waals surface area contributed by atoms with Gasteiger partial charge in [0.05, 0.1) is 0 Å². The molecule has 16 heavy (non-hydrogen) atoms. The number of amides is 1. The molecule has 0 aliphatic heterocycles. The number of aryl methyl sites for hydroxylation is 1. The van der Waals surface area contributed by atoms with Gasteiger partial charge in [0, 0.05) is 23.1 Å².